The van der Waals surface area contributed by atoms with Crippen LogP contribution in [0.5, 0.6) is 5.75 Å². The van der Waals surface area contributed by atoms with Crippen molar-refractivity contribution in [2.45, 2.75) is 17.3 Å². The Balaban J connectivity index is 2.29. The zero-order valence-corrected chi connectivity index (χ0v) is 15.1. The molecule has 0 radical (unpaired) electrons. The van der Waals surface area contributed by atoms with Crippen molar-refractivity contribution >= 4 is 34.3 Å². The zero-order chi connectivity index (χ0) is 18.0. The van der Waals surface area contributed by atoms with Crippen molar-refractivity contribution in [2.75, 3.05) is 7.11 Å². The molecule has 1 aromatic heterocycles. The number of hydrogen-bond acceptors (Lipinski definition) is 5. The minimum Gasteiger partial charge on any atom is -0.495 e. The van der Waals surface area contributed by atoms with E-state index in [-0.39, 0.29) is 10.8 Å². The average Bonchev–Trinajstić information content (AvgIpc) is 2.62. The molecule has 7 heteroatoms. The Bertz CT molecular complexity index is 1040. The Morgan fingerprint density at radius 3 is 2.76 bits per heavy atom. The Hall–Kier alpha value is -2.49. The molecule has 126 valence electrons. The van der Waals surface area contributed by atoms with Crippen LogP contribution in [0.15, 0.2) is 52.4 Å². The van der Waals surface area contributed by atoms with Gasteiger partial charge in [-0.1, -0.05) is 35.5 Å². The van der Waals surface area contributed by atoms with Gasteiger partial charge in [-0.3, -0.25) is 9.36 Å². The lowest BCUT2D eigenvalue weighted by molar-refractivity contribution is 0.415. The summed E-state index contributed by atoms with van der Waals surface area (Å²) in [7, 11) is 1.53. The Labute approximate surface area is 153 Å². The molecule has 0 spiro atoms. The number of rotatable bonds is 4. The van der Waals surface area contributed by atoms with Crippen LogP contribution in [0.2, 0.25) is 5.02 Å². The van der Waals surface area contributed by atoms with Gasteiger partial charge in [-0.2, -0.15) is 5.26 Å². The molecular weight excluding hydrogens is 358 g/mol. The van der Waals surface area contributed by atoms with Crippen LogP contribution in [-0.2, 0) is 0 Å². The van der Waals surface area contributed by atoms with Gasteiger partial charge in [0.15, 0.2) is 5.16 Å². The van der Waals surface area contributed by atoms with Gasteiger partial charge < -0.3 is 4.74 Å². The maximum Gasteiger partial charge on any atom is 0.266 e. The second-order valence-electron chi connectivity index (χ2n) is 5.26. The third kappa shape index (κ3) is 3.34. The van der Waals surface area contributed by atoms with Crippen LogP contribution in [0, 0.1) is 11.3 Å². The molecule has 2 aromatic carbocycles. The molecule has 0 N–H and O–H groups in total. The number of halogens is 1. The van der Waals surface area contributed by atoms with Gasteiger partial charge in [0.1, 0.15) is 5.75 Å². The summed E-state index contributed by atoms with van der Waals surface area (Å²) in [5.74, 6) is 0.520. The number of nitriles is 1. The normalized spacial score (nSPS) is 11.9. The van der Waals surface area contributed by atoms with Crippen molar-refractivity contribution in [3.05, 3.63) is 57.8 Å². The van der Waals surface area contributed by atoms with Crippen LogP contribution < -0.4 is 10.3 Å². The smallest absolute Gasteiger partial charge is 0.266 e. The third-order valence-corrected chi connectivity index (χ3v) is 4.84. The van der Waals surface area contributed by atoms with Gasteiger partial charge in [0.05, 0.1) is 40.0 Å². The van der Waals surface area contributed by atoms with Gasteiger partial charge in [-0.15, -0.1) is 0 Å². The van der Waals surface area contributed by atoms with Crippen LogP contribution in [-0.4, -0.2) is 21.9 Å². The SMILES string of the molecule is COc1ccc(-n2c(S[C@H](C)C#N)nc3ccccc3c2=O)cc1Cl. The maximum absolute atomic E-state index is 13.0. The molecule has 1 atom stereocenters. The summed E-state index contributed by atoms with van der Waals surface area (Å²) < 4.78 is 6.64. The summed E-state index contributed by atoms with van der Waals surface area (Å²) in [5.41, 5.74) is 0.956. The van der Waals surface area contributed by atoms with Crippen LogP contribution in [0.3, 0.4) is 0 Å². The van der Waals surface area contributed by atoms with Gasteiger partial charge >= 0.3 is 0 Å². The molecule has 1 heterocycles. The van der Waals surface area contributed by atoms with Gasteiger partial charge in [-0.25, -0.2) is 4.98 Å². The van der Waals surface area contributed by atoms with E-state index in [0.29, 0.717) is 32.5 Å². The highest BCUT2D eigenvalue weighted by Crippen LogP contribution is 2.29. The van der Waals surface area contributed by atoms with Gasteiger partial charge in [0.2, 0.25) is 0 Å². The Morgan fingerprint density at radius 2 is 2.08 bits per heavy atom. The molecule has 5 nitrogen and oxygen atoms in total. The van der Waals surface area contributed by atoms with E-state index in [2.05, 4.69) is 11.1 Å². The molecule has 0 fully saturated rings. The highest BCUT2D eigenvalue weighted by atomic mass is 35.5. The molecular formula is C18H14ClN3O2S. The quantitative estimate of drug-likeness (QED) is 0.511. The van der Waals surface area contributed by atoms with E-state index in [1.807, 2.05) is 6.07 Å². The second-order valence-corrected chi connectivity index (χ2v) is 6.98. The molecule has 3 rings (SSSR count). The topological polar surface area (TPSA) is 67.9 Å². The van der Waals surface area contributed by atoms with Crippen LogP contribution in [0.25, 0.3) is 16.6 Å². The molecule has 0 saturated heterocycles. The van der Waals surface area contributed by atoms with Crippen molar-refractivity contribution in [1.82, 2.24) is 9.55 Å². The Morgan fingerprint density at radius 1 is 1.32 bits per heavy atom. The third-order valence-electron chi connectivity index (χ3n) is 3.60. The molecule has 0 amide bonds. The fraction of sp³-hybridized carbons (Fsp3) is 0.167. The number of hydrogen-bond donors (Lipinski definition) is 0. The summed E-state index contributed by atoms with van der Waals surface area (Å²) >= 11 is 7.44. The van der Waals surface area contributed by atoms with Crippen molar-refractivity contribution in [1.29, 1.82) is 5.26 Å². The summed E-state index contributed by atoms with van der Waals surface area (Å²) in [4.78, 5) is 17.6. The van der Waals surface area contributed by atoms with Crippen molar-refractivity contribution in [3.8, 4) is 17.5 Å². The first-order chi connectivity index (χ1) is 12.0. The summed E-state index contributed by atoms with van der Waals surface area (Å²) in [6, 6.07) is 14.4. The zero-order valence-electron chi connectivity index (χ0n) is 13.6. The predicted octanol–water partition coefficient (Wildman–Crippen LogP) is 4.05. The van der Waals surface area contributed by atoms with E-state index in [0.717, 1.165) is 0 Å². The summed E-state index contributed by atoms with van der Waals surface area (Å²) in [5, 5.41) is 10.1. The van der Waals surface area contributed by atoms with Crippen molar-refractivity contribution < 1.29 is 4.74 Å². The fourth-order valence-corrected chi connectivity index (χ4v) is 3.46. The maximum atomic E-state index is 13.0. The summed E-state index contributed by atoms with van der Waals surface area (Å²) in [6.07, 6.45) is 0. The van der Waals surface area contributed by atoms with E-state index in [4.69, 9.17) is 21.6 Å². The number of nitrogens with zero attached hydrogens (tertiary/aromatic N) is 3. The van der Waals surface area contributed by atoms with Crippen LogP contribution >= 0.6 is 23.4 Å². The molecule has 3 aromatic rings. The van der Waals surface area contributed by atoms with Gasteiger partial charge in [0, 0.05) is 0 Å². The molecule has 0 unspecified atom stereocenters. The van der Waals surface area contributed by atoms with Crippen LogP contribution in [0.4, 0.5) is 0 Å². The van der Waals surface area contributed by atoms with Crippen LogP contribution in [0.1, 0.15) is 6.92 Å². The van der Waals surface area contributed by atoms with E-state index < -0.39 is 0 Å². The standard InChI is InChI=1S/C18H14ClN3O2S/c1-11(10-20)25-18-21-15-6-4-3-5-13(15)17(23)22(18)12-7-8-16(24-2)14(19)9-12/h3-9,11H,1-2H3/t11-/m1/s1. The van der Waals surface area contributed by atoms with Crippen molar-refractivity contribution in [2.24, 2.45) is 0 Å². The van der Waals surface area contributed by atoms with Gasteiger partial charge in [-0.05, 0) is 37.3 Å². The molecule has 0 aliphatic rings. The molecule has 0 saturated carbocycles. The molecule has 0 aliphatic heterocycles. The largest absolute Gasteiger partial charge is 0.495 e. The number of fused-ring (bicyclic) bond motifs is 1. The van der Waals surface area contributed by atoms with Gasteiger partial charge in [0.25, 0.3) is 5.56 Å². The first-order valence-electron chi connectivity index (χ1n) is 7.47. The van der Waals surface area contributed by atoms with E-state index >= 15 is 0 Å². The fourth-order valence-electron chi connectivity index (χ4n) is 2.40. The first-order valence-corrected chi connectivity index (χ1v) is 8.73. The highest BCUT2D eigenvalue weighted by Gasteiger charge is 2.16. The molecule has 25 heavy (non-hydrogen) atoms. The Kier molecular flexibility index (Phi) is 4.98. The number of para-hydroxylation sites is 1. The monoisotopic (exact) mass is 371 g/mol. The highest BCUT2D eigenvalue weighted by molar-refractivity contribution is 8.00. The van der Waals surface area contributed by atoms with E-state index in [1.54, 1.807) is 43.3 Å². The van der Waals surface area contributed by atoms with E-state index in [1.165, 1.54) is 23.4 Å². The minimum atomic E-state index is -0.354. The number of ether oxygens (including phenoxy) is 1. The second kappa shape index (κ2) is 7.18. The number of aromatic nitrogens is 2. The summed E-state index contributed by atoms with van der Waals surface area (Å²) in [6.45, 7) is 1.76. The lowest BCUT2D eigenvalue weighted by atomic mass is 10.2. The first kappa shape index (κ1) is 17.3. The lowest BCUT2D eigenvalue weighted by Gasteiger charge is -2.14. The van der Waals surface area contributed by atoms with Crippen molar-refractivity contribution in [3.63, 3.8) is 0 Å². The lowest BCUT2D eigenvalue weighted by Crippen LogP contribution is -2.22. The number of benzene rings is 2. The minimum absolute atomic E-state index is 0.209. The number of methoxy groups -OCH3 is 1. The molecule has 0 bridgehead atoms. The molecule has 0 aliphatic carbocycles. The average molecular weight is 372 g/mol. The number of thioether (sulfide) groups is 1. The predicted molar refractivity (Wildman–Crippen MR) is 99.8 cm³/mol. The van der Waals surface area contributed by atoms with E-state index in [9.17, 15) is 4.79 Å².